The van der Waals surface area contributed by atoms with E-state index in [0.717, 1.165) is 19.5 Å². The lowest BCUT2D eigenvalue weighted by atomic mass is 9.69. The summed E-state index contributed by atoms with van der Waals surface area (Å²) < 4.78 is 0. The molecule has 4 heteroatoms. The Kier molecular flexibility index (Phi) is 4.00. The molecule has 1 aliphatic heterocycles. The van der Waals surface area contributed by atoms with Gasteiger partial charge in [0.2, 0.25) is 5.91 Å². The van der Waals surface area contributed by atoms with E-state index in [9.17, 15) is 9.90 Å². The predicted molar refractivity (Wildman–Crippen MR) is 102 cm³/mol. The highest BCUT2D eigenvalue weighted by Crippen LogP contribution is 2.52. The van der Waals surface area contributed by atoms with Gasteiger partial charge in [-0.1, -0.05) is 26.8 Å². The van der Waals surface area contributed by atoms with Crippen LogP contribution < -0.4 is 0 Å². The highest BCUT2D eigenvalue weighted by atomic mass is 16.3. The maximum atomic E-state index is 12.5. The van der Waals surface area contributed by atoms with Crippen molar-refractivity contribution in [2.24, 2.45) is 11.3 Å². The molecule has 3 fully saturated rings. The zero-order chi connectivity index (χ0) is 18.7. The molecule has 1 atom stereocenters. The van der Waals surface area contributed by atoms with Gasteiger partial charge in [-0.2, -0.15) is 0 Å². The molecule has 1 amide bonds. The summed E-state index contributed by atoms with van der Waals surface area (Å²) in [5.74, 6) is 0.835. The summed E-state index contributed by atoms with van der Waals surface area (Å²) in [5, 5.41) is 9.87. The van der Waals surface area contributed by atoms with Gasteiger partial charge in [0, 0.05) is 47.1 Å². The molecule has 3 aliphatic rings. The van der Waals surface area contributed by atoms with Crippen LogP contribution in [0.25, 0.3) is 0 Å². The summed E-state index contributed by atoms with van der Waals surface area (Å²) in [6.07, 6.45) is 4.79. The lowest BCUT2D eigenvalue weighted by molar-refractivity contribution is -0.161. The number of carbonyl (C=O) groups excluding carboxylic acids is 1. The molecular weight excluding hydrogens is 324 g/mol. The van der Waals surface area contributed by atoms with Crippen LogP contribution in [-0.2, 0) is 10.2 Å². The molecule has 4 nitrogen and oxygen atoms in total. The maximum absolute atomic E-state index is 12.5. The summed E-state index contributed by atoms with van der Waals surface area (Å²) in [7, 11) is 0. The zero-order valence-corrected chi connectivity index (χ0v) is 16.6. The molecule has 1 aromatic heterocycles. The van der Waals surface area contributed by atoms with Crippen molar-refractivity contribution in [3.63, 3.8) is 0 Å². The number of aromatic nitrogens is 1. The van der Waals surface area contributed by atoms with E-state index in [-0.39, 0.29) is 17.2 Å². The summed E-state index contributed by atoms with van der Waals surface area (Å²) in [4.78, 5) is 19.5. The van der Waals surface area contributed by atoms with E-state index in [4.69, 9.17) is 4.98 Å². The molecule has 1 saturated heterocycles. The monoisotopic (exact) mass is 356 g/mol. The Morgan fingerprint density at radius 2 is 1.92 bits per heavy atom. The fraction of sp³-hybridized carbons (Fsp3) is 0.727. The van der Waals surface area contributed by atoms with Gasteiger partial charge >= 0.3 is 0 Å². The second-order valence-electron chi connectivity index (χ2n) is 10.4. The SMILES string of the molecule is CC(C)(C)c1cccc(C2CCC3(C2)CN(C(=O)[C@H]2C[C@@](C)(O)C2)C3)n1. The first kappa shape index (κ1) is 18.0. The van der Waals surface area contributed by atoms with Gasteiger partial charge in [-0.3, -0.25) is 9.78 Å². The first-order chi connectivity index (χ1) is 12.1. The molecule has 0 radical (unpaired) electrons. The average molecular weight is 357 g/mol. The minimum atomic E-state index is -0.620. The van der Waals surface area contributed by atoms with Crippen LogP contribution in [0.5, 0.6) is 0 Å². The van der Waals surface area contributed by atoms with Crippen molar-refractivity contribution >= 4 is 5.91 Å². The van der Waals surface area contributed by atoms with Gasteiger partial charge in [0.05, 0.1) is 5.60 Å². The number of aliphatic hydroxyl groups is 1. The second kappa shape index (κ2) is 5.79. The molecule has 0 aromatic carbocycles. The molecule has 1 spiro atoms. The van der Waals surface area contributed by atoms with E-state index >= 15 is 0 Å². The predicted octanol–water partition coefficient (Wildman–Crippen LogP) is 3.64. The van der Waals surface area contributed by atoms with Crippen LogP contribution in [0.2, 0.25) is 0 Å². The van der Waals surface area contributed by atoms with Gasteiger partial charge in [-0.25, -0.2) is 0 Å². The third-order valence-electron chi connectivity index (χ3n) is 6.75. The lowest BCUT2D eigenvalue weighted by Gasteiger charge is -2.52. The number of hydrogen-bond donors (Lipinski definition) is 1. The average Bonchev–Trinajstić information content (AvgIpc) is 2.95. The van der Waals surface area contributed by atoms with E-state index in [1.165, 1.54) is 24.2 Å². The van der Waals surface area contributed by atoms with E-state index in [0.29, 0.717) is 24.2 Å². The summed E-state index contributed by atoms with van der Waals surface area (Å²) in [6, 6.07) is 6.45. The number of nitrogens with zero attached hydrogens (tertiary/aromatic N) is 2. The molecule has 2 heterocycles. The molecule has 1 aromatic rings. The van der Waals surface area contributed by atoms with E-state index < -0.39 is 5.60 Å². The van der Waals surface area contributed by atoms with Crippen molar-refractivity contribution < 1.29 is 9.90 Å². The quantitative estimate of drug-likeness (QED) is 0.880. The van der Waals surface area contributed by atoms with Gasteiger partial charge in [-0.15, -0.1) is 0 Å². The number of pyridine rings is 1. The Morgan fingerprint density at radius 1 is 1.23 bits per heavy atom. The molecule has 2 saturated carbocycles. The number of likely N-dealkylation sites (tertiary alicyclic amines) is 1. The van der Waals surface area contributed by atoms with Crippen LogP contribution in [0.15, 0.2) is 18.2 Å². The molecule has 0 bridgehead atoms. The van der Waals surface area contributed by atoms with Gasteiger partial charge < -0.3 is 10.0 Å². The fourth-order valence-corrected chi connectivity index (χ4v) is 5.20. The van der Waals surface area contributed by atoms with Crippen LogP contribution in [0, 0.1) is 11.3 Å². The minimum Gasteiger partial charge on any atom is -0.390 e. The van der Waals surface area contributed by atoms with E-state index in [1.807, 2.05) is 11.8 Å². The number of amides is 1. The summed E-state index contributed by atoms with van der Waals surface area (Å²) in [6.45, 7) is 10.3. The van der Waals surface area contributed by atoms with Gasteiger partial charge in [0.15, 0.2) is 0 Å². The van der Waals surface area contributed by atoms with Crippen molar-refractivity contribution in [1.82, 2.24) is 9.88 Å². The molecule has 142 valence electrons. The molecule has 1 unspecified atom stereocenters. The third-order valence-corrected chi connectivity index (χ3v) is 6.75. The lowest BCUT2D eigenvalue weighted by Crippen LogP contribution is -2.61. The molecule has 4 rings (SSSR count). The first-order valence-electron chi connectivity index (χ1n) is 10.1. The third kappa shape index (κ3) is 3.17. The van der Waals surface area contributed by atoms with Crippen molar-refractivity contribution in [2.45, 2.75) is 76.7 Å². The highest BCUT2D eigenvalue weighted by molar-refractivity contribution is 5.81. The Hall–Kier alpha value is -1.42. The minimum absolute atomic E-state index is 0.0460. The van der Waals surface area contributed by atoms with E-state index in [1.54, 1.807) is 0 Å². The fourth-order valence-electron chi connectivity index (χ4n) is 5.20. The Labute approximate surface area is 157 Å². The number of hydrogen-bond acceptors (Lipinski definition) is 3. The van der Waals surface area contributed by atoms with Crippen molar-refractivity contribution in [3.05, 3.63) is 29.6 Å². The number of carbonyl (C=O) groups is 1. The maximum Gasteiger partial charge on any atom is 0.225 e. The Balaban J connectivity index is 1.36. The molecule has 2 aliphatic carbocycles. The second-order valence-corrected chi connectivity index (χ2v) is 10.4. The van der Waals surface area contributed by atoms with Crippen LogP contribution in [-0.4, -0.2) is 39.6 Å². The highest BCUT2D eigenvalue weighted by Gasteiger charge is 2.53. The van der Waals surface area contributed by atoms with Crippen LogP contribution >= 0.6 is 0 Å². The molecular formula is C22H32N2O2. The zero-order valence-electron chi connectivity index (χ0n) is 16.6. The Morgan fingerprint density at radius 3 is 2.54 bits per heavy atom. The summed E-state index contributed by atoms with van der Waals surface area (Å²) >= 11 is 0. The topological polar surface area (TPSA) is 53.4 Å². The van der Waals surface area contributed by atoms with Crippen molar-refractivity contribution in [2.75, 3.05) is 13.1 Å². The van der Waals surface area contributed by atoms with Crippen molar-refractivity contribution in [1.29, 1.82) is 0 Å². The van der Waals surface area contributed by atoms with E-state index in [2.05, 4.69) is 39.0 Å². The largest absolute Gasteiger partial charge is 0.390 e. The number of rotatable bonds is 2. The standard InChI is InChI=1S/C22H32N2O2/c1-20(2,3)18-7-5-6-17(23-18)15-8-9-22(12-15)13-24(14-22)19(25)16-10-21(4,26)11-16/h5-7,15-16,26H,8-14H2,1-4H3/t15?,16-,21+. The Bertz CT molecular complexity index is 705. The molecule has 1 N–H and O–H groups in total. The van der Waals surface area contributed by atoms with Gasteiger partial charge in [0.25, 0.3) is 0 Å². The van der Waals surface area contributed by atoms with Crippen LogP contribution in [0.1, 0.15) is 77.1 Å². The van der Waals surface area contributed by atoms with Crippen molar-refractivity contribution in [3.8, 4) is 0 Å². The normalized spacial score (nSPS) is 33.0. The smallest absolute Gasteiger partial charge is 0.225 e. The summed E-state index contributed by atoms with van der Waals surface area (Å²) in [5.41, 5.74) is 2.17. The van der Waals surface area contributed by atoms with Crippen LogP contribution in [0.3, 0.4) is 0 Å². The molecule has 26 heavy (non-hydrogen) atoms. The van der Waals surface area contributed by atoms with Gasteiger partial charge in [0.1, 0.15) is 0 Å². The van der Waals surface area contributed by atoms with Gasteiger partial charge in [-0.05, 0) is 51.2 Å². The first-order valence-corrected chi connectivity index (χ1v) is 10.1. The van der Waals surface area contributed by atoms with Crippen LogP contribution in [0.4, 0.5) is 0 Å².